The molecule has 0 spiro atoms. The van der Waals surface area contributed by atoms with E-state index in [2.05, 4.69) is 11.2 Å². The Morgan fingerprint density at radius 2 is 2.00 bits per heavy atom. The molecule has 0 atom stereocenters. The monoisotopic (exact) mass is 275 g/mol. The van der Waals surface area contributed by atoms with Crippen LogP contribution in [-0.4, -0.2) is 26.4 Å². The van der Waals surface area contributed by atoms with Crippen molar-refractivity contribution in [3.8, 4) is 12.3 Å². The summed E-state index contributed by atoms with van der Waals surface area (Å²) < 4.78 is 10.1. The fourth-order valence-electron chi connectivity index (χ4n) is 1.71. The van der Waals surface area contributed by atoms with E-state index in [1.165, 1.54) is 0 Å². The average Bonchev–Trinajstić information content (AvgIpc) is 2.46. The largest absolute Gasteiger partial charge is 0.449 e. The van der Waals surface area contributed by atoms with Crippen molar-refractivity contribution < 1.29 is 14.3 Å². The first-order valence-corrected chi connectivity index (χ1v) is 6.75. The number of unbranched alkanes of at least 4 members (excludes halogenated alkanes) is 3. The Hall–Kier alpha value is -1.99. The summed E-state index contributed by atoms with van der Waals surface area (Å²) in [7, 11) is 1.70. The molecule has 0 aliphatic heterocycles. The summed E-state index contributed by atoms with van der Waals surface area (Å²) in [5.41, 5.74) is 1.37. The molecule has 1 N–H and O–H groups in total. The second-order valence-corrected chi connectivity index (χ2v) is 4.39. The number of benzene rings is 1. The number of ether oxygens (including phenoxy) is 2. The average molecular weight is 275 g/mol. The lowest BCUT2D eigenvalue weighted by atomic mass is 10.2. The summed E-state index contributed by atoms with van der Waals surface area (Å²) in [5, 5.41) is 2.65. The highest BCUT2D eigenvalue weighted by molar-refractivity contribution is 5.84. The van der Waals surface area contributed by atoms with Gasteiger partial charge in [-0.15, -0.1) is 6.42 Å². The number of hydrogen-bond acceptors (Lipinski definition) is 3. The molecule has 1 amide bonds. The third-order valence-electron chi connectivity index (χ3n) is 2.75. The fourth-order valence-corrected chi connectivity index (χ4v) is 1.71. The Kier molecular flexibility index (Phi) is 7.93. The Labute approximate surface area is 120 Å². The van der Waals surface area contributed by atoms with Crippen LogP contribution in [0.15, 0.2) is 24.3 Å². The van der Waals surface area contributed by atoms with Crippen LogP contribution in [0.5, 0.6) is 0 Å². The molecule has 0 aliphatic carbocycles. The highest BCUT2D eigenvalue weighted by Crippen LogP contribution is 2.10. The molecule has 1 aromatic carbocycles. The van der Waals surface area contributed by atoms with Crippen LogP contribution in [0, 0.1) is 12.3 Å². The van der Waals surface area contributed by atoms with Gasteiger partial charge in [0.25, 0.3) is 0 Å². The number of methoxy groups -OCH3 is 1. The first kappa shape index (κ1) is 16.1. The van der Waals surface area contributed by atoms with Crippen molar-refractivity contribution in [1.82, 2.24) is 0 Å². The number of nitrogens with one attached hydrogen (secondary N) is 1. The molecule has 0 aliphatic rings. The van der Waals surface area contributed by atoms with Crippen LogP contribution in [0.3, 0.4) is 0 Å². The summed E-state index contributed by atoms with van der Waals surface area (Å²) in [5.74, 6) is 2.51. The van der Waals surface area contributed by atoms with Gasteiger partial charge < -0.3 is 9.47 Å². The van der Waals surface area contributed by atoms with Crippen molar-refractivity contribution >= 4 is 11.8 Å². The minimum atomic E-state index is -0.448. The summed E-state index contributed by atoms with van der Waals surface area (Å²) >= 11 is 0. The molecule has 0 unspecified atom stereocenters. The Balaban J connectivity index is 2.15. The minimum Gasteiger partial charge on any atom is -0.449 e. The number of amides is 1. The predicted molar refractivity (Wildman–Crippen MR) is 79.7 cm³/mol. The Morgan fingerprint density at radius 3 is 2.70 bits per heavy atom. The van der Waals surface area contributed by atoms with Crippen LogP contribution in [0.1, 0.15) is 31.2 Å². The molecule has 1 rings (SSSR count). The predicted octanol–water partition coefficient (Wildman–Crippen LogP) is 3.42. The van der Waals surface area contributed by atoms with Crippen molar-refractivity contribution in [2.45, 2.75) is 25.7 Å². The molecule has 4 heteroatoms. The maximum absolute atomic E-state index is 11.5. The minimum absolute atomic E-state index is 0.424. The molecular formula is C16H21NO3. The van der Waals surface area contributed by atoms with Gasteiger partial charge in [0.2, 0.25) is 0 Å². The Bertz CT molecular complexity index is 451. The number of carbonyl (C=O) groups is 1. The third-order valence-corrected chi connectivity index (χ3v) is 2.75. The molecule has 0 saturated heterocycles. The molecule has 20 heavy (non-hydrogen) atoms. The number of anilines is 1. The van der Waals surface area contributed by atoms with Crippen molar-refractivity contribution in [2.24, 2.45) is 0 Å². The maximum atomic E-state index is 11.5. The molecule has 108 valence electrons. The molecule has 4 nitrogen and oxygen atoms in total. The van der Waals surface area contributed by atoms with Gasteiger partial charge in [-0.2, -0.15) is 0 Å². The SMILES string of the molecule is C#Cc1cccc(NC(=O)OCCCCCCOC)c1. The van der Waals surface area contributed by atoms with Crippen LogP contribution < -0.4 is 5.32 Å². The van der Waals surface area contributed by atoms with Crippen LogP contribution in [0.4, 0.5) is 10.5 Å². The van der Waals surface area contributed by atoms with E-state index >= 15 is 0 Å². The Morgan fingerprint density at radius 1 is 1.25 bits per heavy atom. The van der Waals surface area contributed by atoms with Gasteiger partial charge in [-0.05, 0) is 37.5 Å². The number of hydrogen-bond donors (Lipinski definition) is 1. The summed E-state index contributed by atoms with van der Waals surface area (Å²) in [6.45, 7) is 1.21. The van der Waals surface area contributed by atoms with Crippen molar-refractivity contribution in [2.75, 3.05) is 25.6 Å². The smallest absolute Gasteiger partial charge is 0.411 e. The zero-order valence-electron chi connectivity index (χ0n) is 11.9. The van der Waals surface area contributed by atoms with E-state index in [4.69, 9.17) is 15.9 Å². The van der Waals surface area contributed by atoms with Gasteiger partial charge >= 0.3 is 6.09 Å². The van der Waals surface area contributed by atoms with Crippen molar-refractivity contribution in [3.63, 3.8) is 0 Å². The van der Waals surface area contributed by atoms with Crippen molar-refractivity contribution in [1.29, 1.82) is 0 Å². The van der Waals surface area contributed by atoms with Crippen LogP contribution >= 0.6 is 0 Å². The van der Waals surface area contributed by atoms with Gasteiger partial charge in [-0.3, -0.25) is 5.32 Å². The number of rotatable bonds is 8. The topological polar surface area (TPSA) is 47.6 Å². The van der Waals surface area contributed by atoms with Gasteiger partial charge in [0.05, 0.1) is 6.61 Å². The summed E-state index contributed by atoms with van der Waals surface area (Å²) in [4.78, 5) is 11.5. The normalized spacial score (nSPS) is 9.80. The fraction of sp³-hybridized carbons (Fsp3) is 0.438. The second kappa shape index (κ2) is 9.88. The zero-order valence-corrected chi connectivity index (χ0v) is 11.9. The van der Waals surface area contributed by atoms with E-state index in [1.807, 2.05) is 0 Å². The van der Waals surface area contributed by atoms with E-state index in [9.17, 15) is 4.79 Å². The standard InChI is InChI=1S/C16H21NO3/c1-3-14-9-8-10-15(13-14)17-16(18)20-12-7-5-4-6-11-19-2/h1,8-10,13H,4-7,11-12H2,2H3,(H,17,18). The van der Waals surface area contributed by atoms with Gasteiger partial charge in [-0.1, -0.05) is 18.4 Å². The zero-order chi connectivity index (χ0) is 14.6. The van der Waals surface area contributed by atoms with Crippen LogP contribution in [0.25, 0.3) is 0 Å². The lowest BCUT2D eigenvalue weighted by Gasteiger charge is -2.07. The molecular weight excluding hydrogens is 254 g/mol. The van der Waals surface area contributed by atoms with Gasteiger partial charge in [0.15, 0.2) is 0 Å². The molecule has 0 bridgehead atoms. The quantitative estimate of drug-likeness (QED) is 0.584. The maximum Gasteiger partial charge on any atom is 0.411 e. The van der Waals surface area contributed by atoms with Crippen LogP contribution in [0.2, 0.25) is 0 Å². The third kappa shape index (κ3) is 6.81. The molecule has 0 radical (unpaired) electrons. The molecule has 0 heterocycles. The first-order chi connectivity index (χ1) is 9.76. The number of carbonyl (C=O) groups excluding carboxylic acids is 1. The highest BCUT2D eigenvalue weighted by atomic mass is 16.5. The van der Waals surface area contributed by atoms with E-state index in [0.717, 1.165) is 37.9 Å². The van der Waals surface area contributed by atoms with Gasteiger partial charge in [-0.25, -0.2) is 4.79 Å². The lowest BCUT2D eigenvalue weighted by molar-refractivity contribution is 0.157. The lowest BCUT2D eigenvalue weighted by Crippen LogP contribution is -2.14. The highest BCUT2D eigenvalue weighted by Gasteiger charge is 2.03. The summed E-state index contributed by atoms with van der Waals surface area (Å²) in [6.07, 6.45) is 8.87. The van der Waals surface area contributed by atoms with Gasteiger partial charge in [0.1, 0.15) is 0 Å². The van der Waals surface area contributed by atoms with E-state index in [0.29, 0.717) is 12.3 Å². The molecule has 0 saturated carbocycles. The summed E-state index contributed by atoms with van der Waals surface area (Å²) in [6, 6.07) is 7.09. The van der Waals surface area contributed by atoms with E-state index in [1.54, 1.807) is 31.4 Å². The second-order valence-electron chi connectivity index (χ2n) is 4.39. The first-order valence-electron chi connectivity index (χ1n) is 6.75. The number of terminal acetylenes is 1. The molecule has 0 aromatic heterocycles. The van der Waals surface area contributed by atoms with Crippen molar-refractivity contribution in [3.05, 3.63) is 29.8 Å². The molecule has 0 fully saturated rings. The van der Waals surface area contributed by atoms with Gasteiger partial charge in [0, 0.05) is 25.0 Å². The van der Waals surface area contributed by atoms with Crippen LogP contribution in [-0.2, 0) is 9.47 Å². The molecule has 1 aromatic rings. The van der Waals surface area contributed by atoms with E-state index < -0.39 is 6.09 Å². The van der Waals surface area contributed by atoms with E-state index in [-0.39, 0.29) is 0 Å².